The minimum Gasteiger partial charge on any atom is -0.312 e. The molecule has 1 aliphatic rings. The van der Waals surface area contributed by atoms with E-state index in [1.807, 2.05) is 30.3 Å². The Morgan fingerprint density at radius 2 is 1.73 bits per heavy atom. The van der Waals surface area contributed by atoms with Crippen LogP contribution in [0.25, 0.3) is 0 Å². The van der Waals surface area contributed by atoms with Crippen LogP contribution in [0.15, 0.2) is 59.5 Å². The second-order valence-electron chi connectivity index (χ2n) is 8.37. The van der Waals surface area contributed by atoms with E-state index in [1.54, 1.807) is 24.3 Å². The maximum absolute atomic E-state index is 14.1. The first-order valence-corrected chi connectivity index (χ1v) is 12.9. The third-order valence-electron chi connectivity index (χ3n) is 5.70. The molecule has 0 aromatic heterocycles. The molecule has 0 aliphatic heterocycles. The molecule has 0 amide bonds. The Hall–Kier alpha value is -1.36. The molecule has 0 bridgehead atoms. The maximum Gasteiger partial charge on any atom is 0.324 e. The van der Waals surface area contributed by atoms with Crippen LogP contribution in [0.2, 0.25) is 0 Å². The van der Waals surface area contributed by atoms with E-state index in [0.29, 0.717) is 45.4 Å². The van der Waals surface area contributed by atoms with E-state index in [4.69, 9.17) is 4.52 Å². The molecule has 0 heterocycles. The molecule has 30 heavy (non-hydrogen) atoms. The highest BCUT2D eigenvalue weighted by atomic mass is 32.2. The molecule has 1 aliphatic carbocycles. The molecule has 2 aromatic rings. The summed E-state index contributed by atoms with van der Waals surface area (Å²) in [6.07, 6.45) is 3.01. The Bertz CT molecular complexity index is 848. The van der Waals surface area contributed by atoms with E-state index in [2.05, 4.69) is 25.9 Å². The van der Waals surface area contributed by atoms with E-state index in [1.165, 1.54) is 0 Å². The average Bonchev–Trinajstić information content (AvgIpc) is 2.69. The number of hydrogen-bond donors (Lipinski definition) is 1. The summed E-state index contributed by atoms with van der Waals surface area (Å²) in [5, 5.41) is 3.72. The molecule has 0 radical (unpaired) electrons. The second-order valence-corrected chi connectivity index (χ2v) is 11.5. The van der Waals surface area contributed by atoms with Crippen LogP contribution in [-0.4, -0.2) is 11.9 Å². The standard InChI is InChI=1S/C23H30F2NO2PS/c1-16(2)21-14-9-17(3)15-22(21)28-29(27,19-7-5-4-6-8-19)26-18-10-12-20(13-11-18)30-23(24)25/h4-8,10-13,16-17,21-23H,9,14-15H2,1-3H3,(H,26,27)/t17-,21-,22+,29+/m1/s1. The van der Waals surface area contributed by atoms with E-state index in [0.717, 1.165) is 19.3 Å². The quantitative estimate of drug-likeness (QED) is 0.334. The fourth-order valence-electron chi connectivity index (χ4n) is 4.08. The van der Waals surface area contributed by atoms with Crippen LogP contribution in [-0.2, 0) is 9.09 Å². The van der Waals surface area contributed by atoms with Gasteiger partial charge in [0, 0.05) is 10.6 Å². The van der Waals surface area contributed by atoms with Crippen molar-refractivity contribution in [1.29, 1.82) is 0 Å². The highest BCUT2D eigenvalue weighted by Gasteiger charge is 2.38. The Labute approximate surface area is 182 Å². The molecule has 0 spiro atoms. The summed E-state index contributed by atoms with van der Waals surface area (Å²) in [4.78, 5) is 0.465. The molecule has 3 rings (SSSR count). The number of thioether (sulfide) groups is 1. The predicted octanol–water partition coefficient (Wildman–Crippen LogP) is 7.41. The molecule has 7 heteroatoms. The number of hydrogen-bond acceptors (Lipinski definition) is 3. The van der Waals surface area contributed by atoms with Gasteiger partial charge in [0.1, 0.15) is 0 Å². The molecule has 4 atom stereocenters. The minimum absolute atomic E-state index is 0.0963. The normalized spacial score (nSPS) is 24.0. The molecule has 1 saturated carbocycles. The zero-order valence-corrected chi connectivity index (χ0v) is 19.3. The van der Waals surface area contributed by atoms with Crippen molar-refractivity contribution in [3.8, 4) is 0 Å². The van der Waals surface area contributed by atoms with Crippen molar-refractivity contribution >= 4 is 30.3 Å². The molecule has 0 saturated heterocycles. The van der Waals surface area contributed by atoms with Crippen LogP contribution in [0.3, 0.4) is 0 Å². The topological polar surface area (TPSA) is 38.3 Å². The van der Waals surface area contributed by atoms with E-state index in [9.17, 15) is 13.3 Å². The van der Waals surface area contributed by atoms with Gasteiger partial charge in [-0.3, -0.25) is 4.57 Å². The van der Waals surface area contributed by atoms with Gasteiger partial charge in [-0.15, -0.1) is 0 Å². The van der Waals surface area contributed by atoms with Gasteiger partial charge in [0.25, 0.3) is 5.76 Å². The Kier molecular flexibility index (Phi) is 8.00. The zero-order chi connectivity index (χ0) is 21.7. The van der Waals surface area contributed by atoms with E-state index >= 15 is 0 Å². The maximum atomic E-state index is 14.1. The first-order chi connectivity index (χ1) is 14.3. The van der Waals surface area contributed by atoms with Crippen LogP contribution in [0, 0.1) is 17.8 Å². The minimum atomic E-state index is -3.41. The van der Waals surface area contributed by atoms with Crippen LogP contribution >= 0.6 is 19.3 Å². The summed E-state index contributed by atoms with van der Waals surface area (Å²) in [6, 6.07) is 15.8. The fourth-order valence-corrected chi connectivity index (χ4v) is 6.56. The van der Waals surface area contributed by atoms with Crippen molar-refractivity contribution in [2.24, 2.45) is 17.8 Å². The molecule has 3 nitrogen and oxygen atoms in total. The number of halogens is 2. The van der Waals surface area contributed by atoms with Crippen molar-refractivity contribution in [2.75, 3.05) is 5.09 Å². The van der Waals surface area contributed by atoms with Gasteiger partial charge in [0.2, 0.25) is 0 Å². The number of alkyl halides is 2. The van der Waals surface area contributed by atoms with Crippen molar-refractivity contribution in [1.82, 2.24) is 0 Å². The second kappa shape index (κ2) is 10.3. The lowest BCUT2D eigenvalue weighted by Gasteiger charge is -2.39. The summed E-state index contributed by atoms with van der Waals surface area (Å²) in [5.74, 6) is -1.15. The molecule has 0 unspecified atom stereocenters. The van der Waals surface area contributed by atoms with Gasteiger partial charge in [0.15, 0.2) is 0 Å². The highest BCUT2D eigenvalue weighted by molar-refractivity contribution is 7.99. The summed E-state index contributed by atoms with van der Waals surface area (Å²) in [6.45, 7) is 6.60. The molecule has 1 fully saturated rings. The first-order valence-electron chi connectivity index (χ1n) is 10.4. The number of nitrogens with one attached hydrogen (secondary N) is 1. The monoisotopic (exact) mass is 453 g/mol. The molecule has 1 N–H and O–H groups in total. The van der Waals surface area contributed by atoms with E-state index in [-0.39, 0.29) is 6.10 Å². The van der Waals surface area contributed by atoms with Crippen LogP contribution in [0.5, 0.6) is 0 Å². The van der Waals surface area contributed by atoms with Gasteiger partial charge in [-0.2, -0.15) is 8.78 Å². The third kappa shape index (κ3) is 6.09. The van der Waals surface area contributed by atoms with Gasteiger partial charge >= 0.3 is 7.52 Å². The van der Waals surface area contributed by atoms with Crippen LogP contribution in [0.1, 0.15) is 40.0 Å². The van der Waals surface area contributed by atoms with Gasteiger partial charge in [-0.05, 0) is 67.0 Å². The Morgan fingerprint density at radius 3 is 2.33 bits per heavy atom. The largest absolute Gasteiger partial charge is 0.324 e. The fraction of sp³-hybridized carbons (Fsp3) is 0.478. The number of anilines is 1. The molecular formula is C23H30F2NO2PS. The lowest BCUT2D eigenvalue weighted by atomic mass is 9.75. The van der Waals surface area contributed by atoms with Crippen LogP contribution < -0.4 is 10.4 Å². The van der Waals surface area contributed by atoms with Crippen molar-refractivity contribution in [3.63, 3.8) is 0 Å². The van der Waals surface area contributed by atoms with E-state index < -0.39 is 13.3 Å². The lowest BCUT2D eigenvalue weighted by molar-refractivity contribution is 0.0506. The molecular weight excluding hydrogens is 423 g/mol. The van der Waals surface area contributed by atoms with Gasteiger partial charge in [-0.25, -0.2) is 0 Å². The molecule has 164 valence electrons. The summed E-state index contributed by atoms with van der Waals surface area (Å²) >= 11 is 0.492. The van der Waals surface area contributed by atoms with Crippen molar-refractivity contribution < 1.29 is 17.9 Å². The highest BCUT2D eigenvalue weighted by Crippen LogP contribution is 2.51. The Balaban J connectivity index is 1.87. The van der Waals surface area contributed by atoms with Gasteiger partial charge < -0.3 is 9.61 Å². The number of benzene rings is 2. The van der Waals surface area contributed by atoms with Crippen molar-refractivity contribution in [2.45, 2.75) is 56.8 Å². The number of rotatable bonds is 8. The average molecular weight is 454 g/mol. The van der Waals surface area contributed by atoms with Gasteiger partial charge in [-0.1, -0.05) is 57.2 Å². The smallest absolute Gasteiger partial charge is 0.312 e. The third-order valence-corrected chi connectivity index (χ3v) is 8.52. The van der Waals surface area contributed by atoms with Crippen LogP contribution in [0.4, 0.5) is 14.5 Å². The van der Waals surface area contributed by atoms with Gasteiger partial charge in [0.05, 0.1) is 11.4 Å². The SMILES string of the molecule is CC(C)[C@H]1CC[C@@H](C)C[C@@H]1O[P@](=O)(Nc1ccc(SC(F)F)cc1)c1ccccc1. The lowest BCUT2D eigenvalue weighted by Crippen LogP contribution is -2.35. The first kappa shape index (κ1) is 23.3. The van der Waals surface area contributed by atoms with Crippen molar-refractivity contribution in [3.05, 3.63) is 54.6 Å². The summed E-state index contributed by atoms with van der Waals surface area (Å²) in [7, 11) is -3.41. The predicted molar refractivity (Wildman–Crippen MR) is 122 cm³/mol. The Morgan fingerprint density at radius 1 is 1.07 bits per heavy atom. The summed E-state index contributed by atoms with van der Waals surface area (Å²) < 4.78 is 45.7. The molecule has 2 aromatic carbocycles. The zero-order valence-electron chi connectivity index (χ0n) is 17.6. The summed E-state index contributed by atoms with van der Waals surface area (Å²) in [5.41, 5.74) is 0.589.